The summed E-state index contributed by atoms with van der Waals surface area (Å²) in [6.45, 7) is 2.11. The number of pyridine rings is 1. The Balaban J connectivity index is 1.83. The molecule has 4 nitrogen and oxygen atoms in total. The molecular weight excluding hydrogens is 240 g/mol. The van der Waals surface area contributed by atoms with Gasteiger partial charge in [-0.2, -0.15) is 0 Å². The molecule has 1 atom stereocenters. The summed E-state index contributed by atoms with van der Waals surface area (Å²) >= 11 is 0. The zero-order valence-corrected chi connectivity index (χ0v) is 11.3. The molecule has 0 radical (unpaired) electrons. The van der Waals surface area contributed by atoms with E-state index in [-0.39, 0.29) is 6.04 Å². The van der Waals surface area contributed by atoms with Gasteiger partial charge in [0.15, 0.2) is 0 Å². The average Bonchev–Trinajstić information content (AvgIpc) is 3.04. The van der Waals surface area contributed by atoms with Crippen molar-refractivity contribution in [2.24, 2.45) is 5.92 Å². The summed E-state index contributed by atoms with van der Waals surface area (Å²) in [5.74, 6) is 0.495. The highest BCUT2D eigenvalue weighted by molar-refractivity contribution is 5.93. The fourth-order valence-electron chi connectivity index (χ4n) is 2.89. The van der Waals surface area contributed by atoms with Gasteiger partial charge >= 0.3 is 5.97 Å². The Morgan fingerprint density at radius 3 is 3.00 bits per heavy atom. The molecule has 0 aromatic carbocycles. The summed E-state index contributed by atoms with van der Waals surface area (Å²) in [4.78, 5) is 15.9. The van der Waals surface area contributed by atoms with Crippen LogP contribution in [0.3, 0.4) is 0 Å². The van der Waals surface area contributed by atoms with E-state index in [0.29, 0.717) is 11.4 Å². The molecule has 1 aromatic heterocycles. The molecule has 4 heteroatoms. The first-order valence-electron chi connectivity index (χ1n) is 7.16. The lowest BCUT2D eigenvalue weighted by atomic mass is 10.1. The summed E-state index contributed by atoms with van der Waals surface area (Å²) in [7, 11) is 0. The molecule has 3 rings (SSSR count). The fraction of sp³-hybridized carbons (Fsp3) is 0.600. The number of anilines is 1. The lowest BCUT2D eigenvalue weighted by molar-refractivity contribution is 0.0697. The second kappa shape index (κ2) is 4.83. The second-order valence-electron chi connectivity index (χ2n) is 5.87. The largest absolute Gasteiger partial charge is 0.478 e. The van der Waals surface area contributed by atoms with Crippen LogP contribution in [-0.4, -0.2) is 22.1 Å². The maximum absolute atomic E-state index is 11.4. The van der Waals surface area contributed by atoms with Gasteiger partial charge in [-0.3, -0.25) is 0 Å². The molecule has 102 valence electrons. The molecule has 0 saturated heterocycles. The highest BCUT2D eigenvalue weighted by Crippen LogP contribution is 2.34. The molecule has 1 heterocycles. The Labute approximate surface area is 113 Å². The van der Waals surface area contributed by atoms with Gasteiger partial charge in [0.25, 0.3) is 0 Å². The molecule has 2 aliphatic rings. The SMILES string of the molecule is CC(CC1CC1)Nc1nc2c(cc1C(=O)O)CCC2. The van der Waals surface area contributed by atoms with Crippen molar-refractivity contribution < 1.29 is 9.90 Å². The minimum atomic E-state index is -0.886. The van der Waals surface area contributed by atoms with E-state index in [1.54, 1.807) is 0 Å². The molecule has 0 bridgehead atoms. The summed E-state index contributed by atoms with van der Waals surface area (Å²) in [6, 6.07) is 2.10. The normalized spacial score (nSPS) is 19.0. The average molecular weight is 260 g/mol. The van der Waals surface area contributed by atoms with Crippen LogP contribution in [0, 0.1) is 5.92 Å². The maximum Gasteiger partial charge on any atom is 0.339 e. The molecule has 2 aliphatic carbocycles. The van der Waals surface area contributed by atoms with Crippen molar-refractivity contribution in [2.75, 3.05) is 5.32 Å². The van der Waals surface area contributed by atoms with E-state index in [1.165, 1.54) is 12.8 Å². The Kier molecular flexibility index (Phi) is 3.17. The molecule has 19 heavy (non-hydrogen) atoms. The van der Waals surface area contributed by atoms with Crippen LogP contribution in [0.1, 0.15) is 54.2 Å². The van der Waals surface area contributed by atoms with Crippen molar-refractivity contribution in [3.63, 3.8) is 0 Å². The molecule has 1 unspecified atom stereocenters. The number of aromatic nitrogens is 1. The molecule has 1 saturated carbocycles. The van der Waals surface area contributed by atoms with E-state index < -0.39 is 5.97 Å². The lowest BCUT2D eigenvalue weighted by Gasteiger charge is -2.17. The van der Waals surface area contributed by atoms with Gasteiger partial charge in [0, 0.05) is 11.7 Å². The molecule has 1 aromatic rings. The van der Waals surface area contributed by atoms with E-state index in [1.807, 2.05) is 6.07 Å². The van der Waals surface area contributed by atoms with Crippen LogP contribution in [0.15, 0.2) is 6.07 Å². The number of carboxylic acids is 1. The summed E-state index contributed by atoms with van der Waals surface area (Å²) < 4.78 is 0. The van der Waals surface area contributed by atoms with Crippen LogP contribution in [0.2, 0.25) is 0 Å². The maximum atomic E-state index is 11.4. The molecule has 2 N–H and O–H groups in total. The van der Waals surface area contributed by atoms with Gasteiger partial charge in [-0.1, -0.05) is 12.8 Å². The van der Waals surface area contributed by atoms with Crippen LogP contribution in [-0.2, 0) is 12.8 Å². The van der Waals surface area contributed by atoms with Gasteiger partial charge in [0.05, 0.1) is 0 Å². The first-order valence-corrected chi connectivity index (χ1v) is 7.16. The van der Waals surface area contributed by atoms with Crippen LogP contribution in [0.5, 0.6) is 0 Å². The lowest BCUT2D eigenvalue weighted by Crippen LogP contribution is -2.19. The standard InChI is InChI=1S/C15H20N2O2/c1-9(7-10-5-6-10)16-14-12(15(18)19)8-11-3-2-4-13(11)17-14/h8-10H,2-7H2,1H3,(H,16,17)(H,18,19). The number of aromatic carboxylic acids is 1. The van der Waals surface area contributed by atoms with E-state index in [9.17, 15) is 9.90 Å². The number of fused-ring (bicyclic) bond motifs is 1. The van der Waals surface area contributed by atoms with Gasteiger partial charge < -0.3 is 10.4 Å². The molecule has 0 spiro atoms. The topological polar surface area (TPSA) is 62.2 Å². The Hall–Kier alpha value is -1.58. The second-order valence-corrected chi connectivity index (χ2v) is 5.87. The Morgan fingerprint density at radius 1 is 1.53 bits per heavy atom. The van der Waals surface area contributed by atoms with E-state index in [0.717, 1.165) is 42.9 Å². The number of carbonyl (C=O) groups is 1. The van der Waals surface area contributed by atoms with Crippen molar-refractivity contribution in [1.82, 2.24) is 4.98 Å². The molecule has 0 amide bonds. The number of rotatable bonds is 5. The number of nitrogens with one attached hydrogen (secondary N) is 1. The summed E-state index contributed by atoms with van der Waals surface area (Å²) in [5, 5.41) is 12.6. The van der Waals surface area contributed by atoms with Gasteiger partial charge in [0.2, 0.25) is 0 Å². The van der Waals surface area contributed by atoms with Crippen LogP contribution >= 0.6 is 0 Å². The number of nitrogens with zero attached hydrogens (tertiary/aromatic N) is 1. The monoisotopic (exact) mass is 260 g/mol. The zero-order chi connectivity index (χ0) is 13.4. The highest BCUT2D eigenvalue weighted by Gasteiger charge is 2.25. The quantitative estimate of drug-likeness (QED) is 0.854. The summed E-state index contributed by atoms with van der Waals surface area (Å²) in [5.41, 5.74) is 2.51. The third-order valence-corrected chi connectivity index (χ3v) is 4.05. The number of hydrogen-bond donors (Lipinski definition) is 2. The number of hydrogen-bond acceptors (Lipinski definition) is 3. The van der Waals surface area contributed by atoms with Crippen LogP contribution in [0.25, 0.3) is 0 Å². The first-order chi connectivity index (χ1) is 9.13. The number of carboxylic acid groups (broad SMARTS) is 1. The first kappa shape index (κ1) is 12.5. The molecule has 1 fully saturated rings. The van der Waals surface area contributed by atoms with E-state index in [2.05, 4.69) is 17.2 Å². The molecular formula is C15H20N2O2. The van der Waals surface area contributed by atoms with Crippen molar-refractivity contribution >= 4 is 11.8 Å². The van der Waals surface area contributed by atoms with Gasteiger partial charge in [-0.25, -0.2) is 9.78 Å². The summed E-state index contributed by atoms with van der Waals surface area (Å²) in [6.07, 6.45) is 6.76. The van der Waals surface area contributed by atoms with Crippen LogP contribution < -0.4 is 5.32 Å². The van der Waals surface area contributed by atoms with Crippen molar-refractivity contribution in [1.29, 1.82) is 0 Å². The van der Waals surface area contributed by atoms with Crippen molar-refractivity contribution in [2.45, 2.75) is 51.5 Å². The minimum absolute atomic E-state index is 0.289. The fourth-order valence-corrected chi connectivity index (χ4v) is 2.89. The third kappa shape index (κ3) is 2.72. The molecule has 0 aliphatic heterocycles. The van der Waals surface area contributed by atoms with E-state index in [4.69, 9.17) is 0 Å². The predicted molar refractivity (Wildman–Crippen MR) is 73.6 cm³/mol. The zero-order valence-electron chi connectivity index (χ0n) is 11.3. The Bertz CT molecular complexity index is 509. The van der Waals surface area contributed by atoms with Gasteiger partial charge in [0.1, 0.15) is 11.4 Å². The Morgan fingerprint density at radius 2 is 2.32 bits per heavy atom. The van der Waals surface area contributed by atoms with Gasteiger partial charge in [-0.05, 0) is 50.2 Å². The van der Waals surface area contributed by atoms with Crippen molar-refractivity contribution in [3.8, 4) is 0 Å². The van der Waals surface area contributed by atoms with E-state index >= 15 is 0 Å². The third-order valence-electron chi connectivity index (χ3n) is 4.05. The number of aryl methyl sites for hydroxylation is 2. The smallest absolute Gasteiger partial charge is 0.339 e. The minimum Gasteiger partial charge on any atom is -0.478 e. The highest BCUT2D eigenvalue weighted by atomic mass is 16.4. The van der Waals surface area contributed by atoms with Crippen molar-refractivity contribution in [3.05, 3.63) is 22.9 Å². The van der Waals surface area contributed by atoms with Gasteiger partial charge in [-0.15, -0.1) is 0 Å². The predicted octanol–water partition coefficient (Wildman–Crippen LogP) is 2.87. The van der Waals surface area contributed by atoms with Crippen LogP contribution in [0.4, 0.5) is 5.82 Å².